The maximum Gasteiger partial charge on any atom is 0.0937 e. The molecule has 0 saturated heterocycles. The third kappa shape index (κ3) is 2.23. The average molecular weight is 183 g/mol. The van der Waals surface area contributed by atoms with Crippen molar-refractivity contribution in [2.24, 2.45) is 0 Å². The molecule has 0 atom stereocenters. The average Bonchev–Trinajstić information content (AvgIpc) is 2.55. The number of hydrogen-bond donors (Lipinski definition) is 1. The molecule has 0 aliphatic heterocycles. The van der Waals surface area contributed by atoms with Gasteiger partial charge in [0.2, 0.25) is 0 Å². The van der Waals surface area contributed by atoms with E-state index in [2.05, 4.69) is 16.9 Å². The molecule has 0 aliphatic rings. The van der Waals surface area contributed by atoms with Crippen LogP contribution in [0.3, 0.4) is 0 Å². The fraction of sp³-hybridized carbons (Fsp3) is 0.375. The lowest BCUT2D eigenvalue weighted by atomic mass is 10.4. The van der Waals surface area contributed by atoms with E-state index in [-0.39, 0.29) is 0 Å². The van der Waals surface area contributed by atoms with E-state index in [1.165, 1.54) is 0 Å². The molecule has 0 unspecified atom stereocenters. The van der Waals surface area contributed by atoms with Crippen molar-refractivity contribution in [2.45, 2.75) is 6.54 Å². The molecule has 0 bridgehead atoms. The van der Waals surface area contributed by atoms with Gasteiger partial charge in [-0.1, -0.05) is 6.58 Å². The SMILES string of the molecule is C=C(NC)N(C)Cc1cscn1. The van der Waals surface area contributed by atoms with Crippen LogP contribution < -0.4 is 5.32 Å². The molecule has 4 heteroatoms. The quantitative estimate of drug-likeness (QED) is 0.762. The summed E-state index contributed by atoms with van der Waals surface area (Å²) < 4.78 is 0. The summed E-state index contributed by atoms with van der Waals surface area (Å²) in [6.45, 7) is 4.65. The predicted molar refractivity (Wildman–Crippen MR) is 51.8 cm³/mol. The van der Waals surface area contributed by atoms with E-state index in [0.29, 0.717) is 0 Å². The Bertz CT molecular complexity index is 243. The van der Waals surface area contributed by atoms with Crippen LogP contribution in [0.25, 0.3) is 0 Å². The summed E-state index contributed by atoms with van der Waals surface area (Å²) in [6.07, 6.45) is 0. The van der Waals surface area contributed by atoms with Gasteiger partial charge in [0, 0.05) is 19.5 Å². The zero-order valence-electron chi connectivity index (χ0n) is 7.37. The van der Waals surface area contributed by atoms with E-state index in [9.17, 15) is 0 Å². The maximum atomic E-state index is 4.18. The molecule has 0 fully saturated rings. The van der Waals surface area contributed by atoms with E-state index in [1.54, 1.807) is 11.3 Å². The molecule has 0 saturated carbocycles. The van der Waals surface area contributed by atoms with Crippen molar-refractivity contribution in [3.8, 4) is 0 Å². The highest BCUT2D eigenvalue weighted by atomic mass is 32.1. The van der Waals surface area contributed by atoms with E-state index >= 15 is 0 Å². The van der Waals surface area contributed by atoms with Gasteiger partial charge in [-0.2, -0.15) is 0 Å². The third-order valence-electron chi connectivity index (χ3n) is 1.63. The molecule has 1 N–H and O–H groups in total. The van der Waals surface area contributed by atoms with Gasteiger partial charge in [0.25, 0.3) is 0 Å². The minimum Gasteiger partial charge on any atom is -0.375 e. The van der Waals surface area contributed by atoms with Crippen molar-refractivity contribution in [1.29, 1.82) is 0 Å². The Kier molecular flexibility index (Phi) is 3.10. The van der Waals surface area contributed by atoms with E-state index in [4.69, 9.17) is 0 Å². The van der Waals surface area contributed by atoms with Crippen molar-refractivity contribution < 1.29 is 0 Å². The van der Waals surface area contributed by atoms with Gasteiger partial charge in [-0.3, -0.25) is 0 Å². The van der Waals surface area contributed by atoms with Crippen LogP contribution in [0.4, 0.5) is 0 Å². The predicted octanol–water partition coefficient (Wildman–Crippen LogP) is 1.27. The number of thiazole rings is 1. The standard InChI is InChI=1S/C8H13N3S/c1-7(9-2)11(3)4-8-5-12-6-10-8/h5-6,9H,1,4H2,2-3H3. The topological polar surface area (TPSA) is 28.2 Å². The largest absolute Gasteiger partial charge is 0.375 e. The number of rotatable bonds is 4. The summed E-state index contributed by atoms with van der Waals surface area (Å²) in [5, 5.41) is 5.03. The number of nitrogens with one attached hydrogen (secondary N) is 1. The Morgan fingerprint density at radius 3 is 3.08 bits per heavy atom. The molecule has 0 aromatic carbocycles. The van der Waals surface area contributed by atoms with Crippen LogP contribution in [0, 0.1) is 0 Å². The van der Waals surface area contributed by atoms with Gasteiger partial charge in [0.05, 0.1) is 23.6 Å². The van der Waals surface area contributed by atoms with Gasteiger partial charge in [-0.15, -0.1) is 11.3 Å². The second-order valence-corrected chi connectivity index (χ2v) is 3.25. The first kappa shape index (κ1) is 9.06. The number of aromatic nitrogens is 1. The second-order valence-electron chi connectivity index (χ2n) is 2.53. The summed E-state index contributed by atoms with van der Waals surface area (Å²) in [5.74, 6) is 0.906. The highest BCUT2D eigenvalue weighted by Gasteiger charge is 2.01. The number of nitrogens with zero attached hydrogens (tertiary/aromatic N) is 2. The highest BCUT2D eigenvalue weighted by molar-refractivity contribution is 7.07. The summed E-state index contributed by atoms with van der Waals surface area (Å²) in [4.78, 5) is 6.20. The van der Waals surface area contributed by atoms with Crippen LogP contribution in [0.5, 0.6) is 0 Å². The fourth-order valence-electron chi connectivity index (χ4n) is 0.845. The minimum atomic E-state index is 0.809. The molecule has 1 rings (SSSR count). The molecule has 0 aliphatic carbocycles. The zero-order chi connectivity index (χ0) is 8.97. The molecular formula is C8H13N3S. The summed E-state index contributed by atoms with van der Waals surface area (Å²) in [5.41, 5.74) is 2.92. The van der Waals surface area contributed by atoms with Gasteiger partial charge in [-0.05, 0) is 0 Å². The van der Waals surface area contributed by atoms with Gasteiger partial charge in [0.1, 0.15) is 0 Å². The molecular weight excluding hydrogens is 170 g/mol. The monoisotopic (exact) mass is 183 g/mol. The zero-order valence-corrected chi connectivity index (χ0v) is 8.19. The first-order valence-corrected chi connectivity index (χ1v) is 4.63. The minimum absolute atomic E-state index is 0.809. The van der Waals surface area contributed by atoms with Crippen LogP contribution in [0.15, 0.2) is 23.3 Å². The molecule has 3 nitrogen and oxygen atoms in total. The molecule has 66 valence electrons. The van der Waals surface area contributed by atoms with Crippen molar-refractivity contribution in [3.63, 3.8) is 0 Å². The molecule has 1 aromatic heterocycles. The molecule has 12 heavy (non-hydrogen) atoms. The van der Waals surface area contributed by atoms with Crippen molar-refractivity contribution in [3.05, 3.63) is 29.0 Å². The van der Waals surface area contributed by atoms with Crippen molar-refractivity contribution >= 4 is 11.3 Å². The van der Waals surface area contributed by atoms with Crippen LogP contribution in [0.1, 0.15) is 5.69 Å². The lowest BCUT2D eigenvalue weighted by Crippen LogP contribution is -2.24. The van der Waals surface area contributed by atoms with Crippen LogP contribution in [-0.4, -0.2) is 24.0 Å². The van der Waals surface area contributed by atoms with Gasteiger partial charge in [-0.25, -0.2) is 4.98 Å². The maximum absolute atomic E-state index is 4.18. The van der Waals surface area contributed by atoms with Crippen molar-refractivity contribution in [1.82, 2.24) is 15.2 Å². The molecule has 0 radical (unpaired) electrons. The van der Waals surface area contributed by atoms with Crippen LogP contribution in [0.2, 0.25) is 0 Å². The normalized spacial score (nSPS) is 9.50. The number of hydrogen-bond acceptors (Lipinski definition) is 4. The molecule has 0 spiro atoms. The first-order valence-electron chi connectivity index (χ1n) is 3.69. The fourth-order valence-corrected chi connectivity index (χ4v) is 1.39. The molecule has 0 amide bonds. The van der Waals surface area contributed by atoms with Crippen molar-refractivity contribution in [2.75, 3.05) is 14.1 Å². The molecule has 1 aromatic rings. The van der Waals surface area contributed by atoms with Gasteiger partial charge >= 0.3 is 0 Å². The Morgan fingerprint density at radius 2 is 2.58 bits per heavy atom. The highest BCUT2D eigenvalue weighted by Crippen LogP contribution is 2.05. The molecule has 1 heterocycles. The summed E-state index contributed by atoms with van der Waals surface area (Å²) >= 11 is 1.61. The smallest absolute Gasteiger partial charge is 0.0937 e. The van der Waals surface area contributed by atoms with Gasteiger partial charge < -0.3 is 10.2 Å². The Balaban J connectivity index is 2.47. The lowest BCUT2D eigenvalue weighted by molar-refractivity contribution is 0.384. The van der Waals surface area contributed by atoms with Crippen LogP contribution in [-0.2, 0) is 6.54 Å². The Morgan fingerprint density at radius 1 is 1.83 bits per heavy atom. The van der Waals surface area contributed by atoms with E-state index in [0.717, 1.165) is 18.1 Å². The second kappa shape index (κ2) is 4.11. The first-order chi connectivity index (χ1) is 5.74. The Hall–Kier alpha value is -1.03. The lowest BCUT2D eigenvalue weighted by Gasteiger charge is -2.19. The van der Waals surface area contributed by atoms with E-state index < -0.39 is 0 Å². The summed E-state index contributed by atoms with van der Waals surface area (Å²) in [6, 6.07) is 0. The Labute approximate surface area is 76.7 Å². The summed E-state index contributed by atoms with van der Waals surface area (Å²) in [7, 11) is 3.85. The van der Waals surface area contributed by atoms with Gasteiger partial charge in [0.15, 0.2) is 0 Å². The third-order valence-corrected chi connectivity index (χ3v) is 2.27. The van der Waals surface area contributed by atoms with Crippen LogP contribution >= 0.6 is 11.3 Å². The van der Waals surface area contributed by atoms with E-state index in [1.807, 2.05) is 29.9 Å².